The van der Waals surface area contributed by atoms with Gasteiger partial charge in [0.15, 0.2) is 0 Å². The van der Waals surface area contributed by atoms with Crippen LogP contribution in [-0.2, 0) is 4.74 Å². The van der Waals surface area contributed by atoms with Gasteiger partial charge >= 0.3 is 0 Å². The van der Waals surface area contributed by atoms with Crippen LogP contribution in [-0.4, -0.2) is 62.7 Å². The number of methoxy groups -OCH3 is 1. The topological polar surface area (TPSA) is 79.9 Å². The molecule has 2 aromatic rings. The molecule has 7 nitrogen and oxygen atoms in total. The van der Waals surface area contributed by atoms with Crippen molar-refractivity contribution < 1.29 is 23.5 Å². The lowest BCUT2D eigenvalue weighted by molar-refractivity contribution is 0.0281. The van der Waals surface area contributed by atoms with Gasteiger partial charge in [-0.25, -0.2) is 4.39 Å². The summed E-state index contributed by atoms with van der Waals surface area (Å²) in [7, 11) is 3.35. The normalized spacial score (nSPS) is 22.2. The zero-order valence-corrected chi connectivity index (χ0v) is 18.9. The van der Waals surface area contributed by atoms with Crippen LogP contribution in [0.4, 0.5) is 10.1 Å². The lowest BCUT2D eigenvalue weighted by atomic mass is 10.0. The van der Waals surface area contributed by atoms with Crippen LogP contribution in [0.5, 0.6) is 5.75 Å². The Hall–Kier alpha value is -2.97. The van der Waals surface area contributed by atoms with Gasteiger partial charge in [-0.1, -0.05) is 19.1 Å². The predicted molar refractivity (Wildman–Crippen MR) is 121 cm³/mol. The van der Waals surface area contributed by atoms with Crippen LogP contribution in [0.3, 0.4) is 0 Å². The number of anilines is 1. The number of fused-ring (bicyclic) bond motifs is 1. The Labute approximate surface area is 187 Å². The van der Waals surface area contributed by atoms with Gasteiger partial charge in [0.05, 0.1) is 17.2 Å². The zero-order chi connectivity index (χ0) is 23.3. The van der Waals surface area contributed by atoms with E-state index in [0.717, 1.165) is 6.54 Å². The number of rotatable bonds is 3. The number of nitrogens with zero attached hydrogens (tertiary/aromatic N) is 1. The molecule has 0 spiro atoms. The molecule has 0 bridgehead atoms. The average molecular weight is 444 g/mol. The minimum absolute atomic E-state index is 0.0653. The molecule has 0 saturated heterocycles. The fourth-order valence-corrected chi connectivity index (χ4v) is 3.58. The second-order valence-corrected chi connectivity index (χ2v) is 8.20. The highest BCUT2D eigenvalue weighted by atomic mass is 19.1. The number of halogens is 1. The first-order chi connectivity index (χ1) is 15.3. The number of benzene rings is 2. The van der Waals surface area contributed by atoms with Gasteiger partial charge in [-0.3, -0.25) is 9.59 Å². The smallest absolute Gasteiger partial charge is 0.258 e. The summed E-state index contributed by atoms with van der Waals surface area (Å²) in [6, 6.07) is 10.6. The van der Waals surface area contributed by atoms with Crippen molar-refractivity contribution in [1.29, 1.82) is 0 Å². The van der Waals surface area contributed by atoms with Crippen molar-refractivity contribution in [3.05, 3.63) is 59.4 Å². The van der Waals surface area contributed by atoms with E-state index in [0.29, 0.717) is 30.2 Å². The molecule has 0 fully saturated rings. The summed E-state index contributed by atoms with van der Waals surface area (Å²) in [6.07, 6.45) is -0.142. The van der Waals surface area contributed by atoms with E-state index in [2.05, 4.69) is 17.6 Å². The molecule has 1 aliphatic rings. The third-order valence-corrected chi connectivity index (χ3v) is 5.60. The van der Waals surface area contributed by atoms with Crippen molar-refractivity contribution in [3.63, 3.8) is 0 Å². The van der Waals surface area contributed by atoms with Crippen LogP contribution >= 0.6 is 0 Å². The third-order valence-electron chi connectivity index (χ3n) is 5.60. The minimum Gasteiger partial charge on any atom is -0.491 e. The van der Waals surface area contributed by atoms with E-state index >= 15 is 0 Å². The molecule has 0 saturated carbocycles. The molecule has 8 heteroatoms. The monoisotopic (exact) mass is 443 g/mol. The standard InChI is InChI=1S/C24H30FN3O4/c1-15-12-26-16(2)14-32-21-10-9-17(27-23(29)18-7-5-6-8-20(18)25)11-19(21)24(30)28(3)13-22(15)31-4/h5-11,15-16,22,26H,12-14H2,1-4H3,(H,27,29)/t15-,16-,22+/m1/s1. The van der Waals surface area contributed by atoms with Crippen LogP contribution < -0.4 is 15.4 Å². The van der Waals surface area contributed by atoms with Gasteiger partial charge in [0, 0.05) is 39.0 Å². The lowest BCUT2D eigenvalue weighted by Crippen LogP contribution is -2.44. The first-order valence-corrected chi connectivity index (χ1v) is 10.6. The fraction of sp³-hybridized carbons (Fsp3) is 0.417. The van der Waals surface area contributed by atoms with Gasteiger partial charge in [-0.15, -0.1) is 0 Å². The molecule has 3 atom stereocenters. The van der Waals surface area contributed by atoms with E-state index in [-0.39, 0.29) is 29.5 Å². The largest absolute Gasteiger partial charge is 0.491 e. The molecule has 172 valence electrons. The fourth-order valence-electron chi connectivity index (χ4n) is 3.58. The molecule has 32 heavy (non-hydrogen) atoms. The van der Waals surface area contributed by atoms with Crippen molar-refractivity contribution in [2.75, 3.05) is 39.2 Å². The average Bonchev–Trinajstić information content (AvgIpc) is 2.78. The molecule has 3 rings (SSSR count). The highest BCUT2D eigenvalue weighted by Gasteiger charge is 2.26. The maximum absolute atomic E-state index is 14.0. The van der Waals surface area contributed by atoms with Crippen LogP contribution in [0.25, 0.3) is 0 Å². The molecule has 2 N–H and O–H groups in total. The molecule has 0 aliphatic carbocycles. The lowest BCUT2D eigenvalue weighted by Gasteiger charge is -2.30. The Morgan fingerprint density at radius 3 is 2.72 bits per heavy atom. The summed E-state index contributed by atoms with van der Waals surface area (Å²) < 4.78 is 25.5. The van der Waals surface area contributed by atoms with E-state index in [9.17, 15) is 14.0 Å². The van der Waals surface area contributed by atoms with Crippen molar-refractivity contribution in [3.8, 4) is 5.75 Å². The van der Waals surface area contributed by atoms with E-state index in [1.165, 1.54) is 18.2 Å². The van der Waals surface area contributed by atoms with Crippen molar-refractivity contribution >= 4 is 17.5 Å². The molecule has 2 amide bonds. The number of nitrogens with one attached hydrogen (secondary N) is 2. The second kappa shape index (κ2) is 10.6. The first kappa shape index (κ1) is 23.7. The Morgan fingerprint density at radius 2 is 2.00 bits per heavy atom. The summed E-state index contributed by atoms with van der Waals surface area (Å²) in [4.78, 5) is 27.4. The Morgan fingerprint density at radius 1 is 1.25 bits per heavy atom. The van der Waals surface area contributed by atoms with E-state index in [4.69, 9.17) is 9.47 Å². The Bertz CT molecular complexity index is 968. The van der Waals surface area contributed by atoms with Crippen LogP contribution in [0.15, 0.2) is 42.5 Å². The van der Waals surface area contributed by atoms with Gasteiger partial charge in [0.1, 0.15) is 18.2 Å². The number of carbonyl (C=O) groups is 2. The zero-order valence-electron chi connectivity index (χ0n) is 18.9. The Balaban J connectivity index is 1.90. The number of amides is 2. The number of likely N-dealkylation sites (N-methyl/N-ethyl adjacent to an activating group) is 1. The summed E-state index contributed by atoms with van der Waals surface area (Å²) in [5, 5.41) is 6.10. The Kier molecular flexibility index (Phi) is 7.82. The number of ether oxygens (including phenoxy) is 2. The van der Waals surface area contributed by atoms with E-state index in [1.54, 1.807) is 43.3 Å². The third kappa shape index (κ3) is 5.63. The summed E-state index contributed by atoms with van der Waals surface area (Å²) >= 11 is 0. The minimum atomic E-state index is -0.614. The van der Waals surface area contributed by atoms with Crippen molar-refractivity contribution in [2.45, 2.75) is 26.0 Å². The van der Waals surface area contributed by atoms with Gasteiger partial charge in [-0.2, -0.15) is 0 Å². The van der Waals surface area contributed by atoms with Crippen LogP contribution in [0, 0.1) is 11.7 Å². The maximum atomic E-state index is 14.0. The molecule has 2 aromatic carbocycles. The van der Waals surface area contributed by atoms with Gasteiger partial charge in [-0.05, 0) is 43.2 Å². The highest BCUT2D eigenvalue weighted by molar-refractivity contribution is 6.05. The summed E-state index contributed by atoms with van der Waals surface area (Å²) in [5.74, 6) is -0.858. The molecule has 1 heterocycles. The van der Waals surface area contributed by atoms with Gasteiger partial charge in [0.2, 0.25) is 0 Å². The summed E-state index contributed by atoms with van der Waals surface area (Å²) in [6.45, 7) is 5.59. The summed E-state index contributed by atoms with van der Waals surface area (Å²) in [5.41, 5.74) is 0.614. The molecule has 1 aliphatic heterocycles. The van der Waals surface area contributed by atoms with E-state index in [1.807, 2.05) is 6.92 Å². The molecular weight excluding hydrogens is 413 g/mol. The van der Waals surface area contributed by atoms with Crippen molar-refractivity contribution in [1.82, 2.24) is 10.2 Å². The SMILES string of the molecule is CO[C@H]1CN(C)C(=O)c2cc(NC(=O)c3ccccc3F)ccc2OC[C@@H](C)NC[C@H]1C. The number of hydrogen-bond acceptors (Lipinski definition) is 5. The highest BCUT2D eigenvalue weighted by Crippen LogP contribution is 2.26. The number of carbonyl (C=O) groups excluding carboxylic acids is 2. The molecule has 0 unspecified atom stereocenters. The van der Waals surface area contributed by atoms with Crippen molar-refractivity contribution in [2.24, 2.45) is 5.92 Å². The molecule has 0 radical (unpaired) electrons. The maximum Gasteiger partial charge on any atom is 0.258 e. The molecular formula is C24H30FN3O4. The van der Waals surface area contributed by atoms with Gasteiger partial charge < -0.3 is 25.0 Å². The van der Waals surface area contributed by atoms with Crippen LogP contribution in [0.1, 0.15) is 34.6 Å². The quantitative estimate of drug-likeness (QED) is 0.762. The second-order valence-electron chi connectivity index (χ2n) is 8.20. The van der Waals surface area contributed by atoms with Crippen LogP contribution in [0.2, 0.25) is 0 Å². The van der Waals surface area contributed by atoms with Gasteiger partial charge in [0.25, 0.3) is 11.8 Å². The first-order valence-electron chi connectivity index (χ1n) is 10.6. The van der Waals surface area contributed by atoms with E-state index < -0.39 is 11.7 Å². The predicted octanol–water partition coefficient (Wildman–Crippen LogP) is 3.17. The molecule has 0 aromatic heterocycles. The number of hydrogen-bond donors (Lipinski definition) is 2.